The third-order valence-corrected chi connectivity index (χ3v) is 8.03. The third kappa shape index (κ3) is 4.87. The molecule has 0 spiro atoms. The standard InChI is InChI=1S/C19H24N2O4S2/c1-13(2)25-16-8-6-15(7-9-16)21-18(22)14-4-3-5-17(12-14)27(23,24)19-20-10-11-26-19/h6-11,13-14,17H,3-5,12H2,1-2H3,(H,21,22). The Morgan fingerprint density at radius 3 is 2.63 bits per heavy atom. The summed E-state index contributed by atoms with van der Waals surface area (Å²) in [6, 6.07) is 7.21. The van der Waals surface area contributed by atoms with Crippen LogP contribution in [0.3, 0.4) is 0 Å². The number of hydrogen-bond donors (Lipinski definition) is 1. The lowest BCUT2D eigenvalue weighted by Crippen LogP contribution is -2.34. The average molecular weight is 409 g/mol. The van der Waals surface area contributed by atoms with E-state index in [0.29, 0.717) is 31.4 Å². The van der Waals surface area contributed by atoms with Crippen LogP contribution in [0.4, 0.5) is 5.69 Å². The van der Waals surface area contributed by atoms with Gasteiger partial charge in [-0.15, -0.1) is 11.3 Å². The van der Waals surface area contributed by atoms with Crippen molar-refractivity contribution in [2.75, 3.05) is 5.32 Å². The van der Waals surface area contributed by atoms with Crippen LogP contribution in [0.25, 0.3) is 0 Å². The highest BCUT2D eigenvalue weighted by Gasteiger charge is 2.36. The molecular weight excluding hydrogens is 384 g/mol. The highest BCUT2D eigenvalue weighted by atomic mass is 32.2. The lowest BCUT2D eigenvalue weighted by Gasteiger charge is -2.27. The van der Waals surface area contributed by atoms with Crippen molar-refractivity contribution in [2.24, 2.45) is 5.92 Å². The summed E-state index contributed by atoms with van der Waals surface area (Å²) in [5.41, 5.74) is 0.681. The Balaban J connectivity index is 1.63. The van der Waals surface area contributed by atoms with E-state index in [1.54, 1.807) is 17.5 Å². The quantitative estimate of drug-likeness (QED) is 0.783. The maximum Gasteiger partial charge on any atom is 0.227 e. The third-order valence-electron chi connectivity index (χ3n) is 4.58. The predicted molar refractivity (Wildman–Crippen MR) is 106 cm³/mol. The Kier molecular flexibility index (Phi) is 6.16. The van der Waals surface area contributed by atoms with E-state index < -0.39 is 15.1 Å². The number of anilines is 1. The van der Waals surface area contributed by atoms with E-state index in [1.807, 2.05) is 26.0 Å². The van der Waals surface area contributed by atoms with Crippen LogP contribution < -0.4 is 10.1 Å². The van der Waals surface area contributed by atoms with Gasteiger partial charge in [0.05, 0.1) is 11.4 Å². The largest absolute Gasteiger partial charge is 0.491 e. The van der Waals surface area contributed by atoms with E-state index >= 15 is 0 Å². The van der Waals surface area contributed by atoms with E-state index in [2.05, 4.69) is 10.3 Å². The molecule has 2 unspecified atom stereocenters. The molecule has 1 heterocycles. The van der Waals surface area contributed by atoms with Gasteiger partial charge in [-0.3, -0.25) is 4.79 Å². The number of thiazole rings is 1. The zero-order chi connectivity index (χ0) is 19.4. The van der Waals surface area contributed by atoms with Crippen molar-refractivity contribution in [3.05, 3.63) is 35.8 Å². The molecule has 1 aliphatic carbocycles. The molecule has 1 aliphatic rings. The Bertz CT molecular complexity index is 862. The topological polar surface area (TPSA) is 85.4 Å². The summed E-state index contributed by atoms with van der Waals surface area (Å²) in [6.07, 6.45) is 3.91. The number of hydrogen-bond acceptors (Lipinski definition) is 6. The lowest BCUT2D eigenvalue weighted by molar-refractivity contribution is -0.120. The molecule has 2 aromatic rings. The molecule has 0 saturated heterocycles. The van der Waals surface area contributed by atoms with Gasteiger partial charge in [-0.05, 0) is 57.4 Å². The maximum atomic E-state index is 12.7. The van der Waals surface area contributed by atoms with Gasteiger partial charge in [0.15, 0.2) is 0 Å². The maximum absolute atomic E-state index is 12.7. The van der Waals surface area contributed by atoms with Gasteiger partial charge in [0, 0.05) is 23.2 Å². The fraction of sp³-hybridized carbons (Fsp3) is 0.474. The van der Waals surface area contributed by atoms with Crippen molar-refractivity contribution >= 4 is 32.8 Å². The van der Waals surface area contributed by atoms with Gasteiger partial charge in [-0.2, -0.15) is 0 Å². The number of nitrogens with zero attached hydrogens (tertiary/aromatic N) is 1. The van der Waals surface area contributed by atoms with E-state index in [0.717, 1.165) is 17.1 Å². The minimum Gasteiger partial charge on any atom is -0.491 e. The molecule has 1 saturated carbocycles. The Labute approximate surface area is 163 Å². The minimum atomic E-state index is -3.46. The van der Waals surface area contributed by atoms with Crippen molar-refractivity contribution in [3.63, 3.8) is 0 Å². The van der Waals surface area contributed by atoms with Crippen LogP contribution in [0, 0.1) is 5.92 Å². The molecule has 6 nitrogen and oxygen atoms in total. The number of ether oxygens (including phenoxy) is 1. The second-order valence-corrected chi connectivity index (χ2v) is 10.3. The van der Waals surface area contributed by atoms with Crippen molar-refractivity contribution in [1.29, 1.82) is 0 Å². The predicted octanol–water partition coefficient (Wildman–Crippen LogP) is 3.90. The molecule has 3 rings (SSSR count). The highest BCUT2D eigenvalue weighted by molar-refractivity contribution is 7.93. The number of amides is 1. The van der Waals surface area contributed by atoms with Crippen LogP contribution >= 0.6 is 11.3 Å². The van der Waals surface area contributed by atoms with Gasteiger partial charge in [0.25, 0.3) is 0 Å². The van der Waals surface area contributed by atoms with Crippen molar-refractivity contribution in [3.8, 4) is 5.75 Å². The number of carbonyl (C=O) groups excluding carboxylic acids is 1. The van der Waals surface area contributed by atoms with E-state index in [9.17, 15) is 13.2 Å². The molecule has 1 aromatic carbocycles. The van der Waals surface area contributed by atoms with Crippen molar-refractivity contribution in [2.45, 2.75) is 55.2 Å². The molecule has 1 fully saturated rings. The molecule has 0 aliphatic heterocycles. The highest BCUT2D eigenvalue weighted by Crippen LogP contribution is 2.33. The summed E-state index contributed by atoms with van der Waals surface area (Å²) in [4.78, 5) is 16.6. The van der Waals surface area contributed by atoms with Gasteiger partial charge in [0.1, 0.15) is 5.75 Å². The second kappa shape index (κ2) is 8.39. The molecule has 146 valence electrons. The number of nitrogens with one attached hydrogen (secondary N) is 1. The minimum absolute atomic E-state index is 0.0874. The zero-order valence-electron chi connectivity index (χ0n) is 15.4. The summed E-state index contributed by atoms with van der Waals surface area (Å²) in [5, 5.41) is 4.01. The van der Waals surface area contributed by atoms with Crippen LogP contribution in [0.15, 0.2) is 40.2 Å². The molecule has 8 heteroatoms. The summed E-state index contributed by atoms with van der Waals surface area (Å²) < 4.78 is 31.1. The zero-order valence-corrected chi connectivity index (χ0v) is 17.1. The summed E-state index contributed by atoms with van der Waals surface area (Å²) in [5.74, 6) is 0.298. The summed E-state index contributed by atoms with van der Waals surface area (Å²) >= 11 is 1.13. The van der Waals surface area contributed by atoms with Crippen molar-refractivity contribution in [1.82, 2.24) is 4.98 Å². The first-order valence-electron chi connectivity index (χ1n) is 9.07. The smallest absolute Gasteiger partial charge is 0.227 e. The average Bonchev–Trinajstić information content (AvgIpc) is 3.18. The van der Waals surface area contributed by atoms with Crippen LogP contribution in [0.5, 0.6) is 5.75 Å². The molecule has 0 bridgehead atoms. The number of rotatable bonds is 6. The SMILES string of the molecule is CC(C)Oc1ccc(NC(=O)C2CCCC(S(=O)(=O)c3nccs3)C2)cc1. The van der Waals surface area contributed by atoms with Crippen LogP contribution in [-0.4, -0.2) is 30.7 Å². The van der Waals surface area contributed by atoms with Gasteiger partial charge < -0.3 is 10.1 Å². The molecule has 1 aromatic heterocycles. The molecule has 0 radical (unpaired) electrons. The fourth-order valence-electron chi connectivity index (χ4n) is 3.29. The van der Waals surface area contributed by atoms with E-state index in [4.69, 9.17) is 4.74 Å². The van der Waals surface area contributed by atoms with Crippen molar-refractivity contribution < 1.29 is 17.9 Å². The summed E-state index contributed by atoms with van der Waals surface area (Å²) in [6.45, 7) is 3.91. The Hall–Kier alpha value is -1.93. The first-order chi connectivity index (χ1) is 12.9. The molecule has 1 N–H and O–H groups in total. The number of aromatic nitrogens is 1. The lowest BCUT2D eigenvalue weighted by atomic mass is 9.88. The van der Waals surface area contributed by atoms with E-state index in [1.165, 1.54) is 6.20 Å². The normalized spacial score (nSPS) is 20.4. The number of sulfone groups is 1. The Morgan fingerprint density at radius 2 is 2.00 bits per heavy atom. The number of benzene rings is 1. The molecular formula is C19H24N2O4S2. The van der Waals surface area contributed by atoms with Crippen LogP contribution in [0.2, 0.25) is 0 Å². The molecule has 2 atom stereocenters. The second-order valence-electron chi connectivity index (χ2n) is 7.01. The first-order valence-corrected chi connectivity index (χ1v) is 11.5. The summed E-state index contributed by atoms with van der Waals surface area (Å²) in [7, 11) is -3.46. The first kappa shape index (κ1) is 19.8. The molecule has 27 heavy (non-hydrogen) atoms. The van der Waals surface area contributed by atoms with Crippen LogP contribution in [0.1, 0.15) is 39.5 Å². The van der Waals surface area contributed by atoms with Gasteiger partial charge in [-0.25, -0.2) is 13.4 Å². The van der Waals surface area contributed by atoms with Gasteiger partial charge in [-0.1, -0.05) is 6.42 Å². The Morgan fingerprint density at radius 1 is 1.26 bits per heavy atom. The fourth-order valence-corrected chi connectivity index (χ4v) is 6.22. The monoisotopic (exact) mass is 408 g/mol. The van der Waals surface area contributed by atoms with E-state index in [-0.39, 0.29) is 22.3 Å². The van der Waals surface area contributed by atoms with Crippen LogP contribution in [-0.2, 0) is 14.6 Å². The van der Waals surface area contributed by atoms with Gasteiger partial charge in [0.2, 0.25) is 20.1 Å². The van der Waals surface area contributed by atoms with Gasteiger partial charge >= 0.3 is 0 Å². The number of carbonyl (C=O) groups is 1. The molecule has 1 amide bonds.